The lowest BCUT2D eigenvalue weighted by atomic mass is 9.82. The van der Waals surface area contributed by atoms with Gasteiger partial charge in [-0.15, -0.1) is 24.0 Å². The average molecular weight is 365 g/mol. The minimum absolute atomic E-state index is 0. The van der Waals surface area contributed by atoms with Crippen LogP contribution in [-0.2, 0) is 0 Å². The predicted octanol–water partition coefficient (Wildman–Crippen LogP) is 2.96. The van der Waals surface area contributed by atoms with Gasteiger partial charge in [-0.05, 0) is 30.6 Å². The first-order valence-corrected chi connectivity index (χ1v) is 7.16. The molecule has 1 saturated carbocycles. The zero-order chi connectivity index (χ0) is 12.3. The van der Waals surface area contributed by atoms with Gasteiger partial charge in [0.2, 0.25) is 0 Å². The first kappa shape index (κ1) is 16.1. The van der Waals surface area contributed by atoms with E-state index in [1.807, 2.05) is 7.05 Å². The molecule has 0 radical (unpaired) electrons. The molecular formula is C14H28IN3. The summed E-state index contributed by atoms with van der Waals surface area (Å²) in [5.74, 6) is 3.66. The van der Waals surface area contributed by atoms with Crippen molar-refractivity contribution in [3.05, 3.63) is 0 Å². The molecule has 4 heteroatoms. The first-order chi connectivity index (χ1) is 8.20. The lowest BCUT2D eigenvalue weighted by Crippen LogP contribution is -2.41. The number of aliphatic imine (C=N–C) groups is 1. The summed E-state index contributed by atoms with van der Waals surface area (Å²) >= 11 is 0. The lowest BCUT2D eigenvalue weighted by molar-refractivity contribution is 0.299. The minimum atomic E-state index is 0. The van der Waals surface area contributed by atoms with Gasteiger partial charge in [-0.1, -0.05) is 26.7 Å². The predicted molar refractivity (Wildman–Crippen MR) is 88.6 cm³/mol. The quantitative estimate of drug-likeness (QED) is 0.463. The van der Waals surface area contributed by atoms with Gasteiger partial charge in [0.15, 0.2) is 5.96 Å². The monoisotopic (exact) mass is 365 g/mol. The van der Waals surface area contributed by atoms with Crippen molar-refractivity contribution in [2.24, 2.45) is 22.7 Å². The summed E-state index contributed by atoms with van der Waals surface area (Å²) in [4.78, 5) is 6.91. The van der Waals surface area contributed by atoms with Crippen LogP contribution in [-0.4, -0.2) is 37.5 Å². The molecule has 1 aliphatic heterocycles. The molecule has 0 aromatic carbocycles. The maximum Gasteiger partial charge on any atom is 0.193 e. The van der Waals surface area contributed by atoms with Gasteiger partial charge < -0.3 is 10.2 Å². The summed E-state index contributed by atoms with van der Waals surface area (Å²) < 4.78 is 0. The highest BCUT2D eigenvalue weighted by atomic mass is 127. The Labute approximate surface area is 129 Å². The van der Waals surface area contributed by atoms with Gasteiger partial charge in [0, 0.05) is 26.7 Å². The van der Waals surface area contributed by atoms with Crippen LogP contribution in [0.15, 0.2) is 4.99 Å². The van der Waals surface area contributed by atoms with Crippen molar-refractivity contribution >= 4 is 29.9 Å². The molecule has 2 aliphatic rings. The number of nitrogens with zero attached hydrogens (tertiary/aromatic N) is 2. The lowest BCUT2D eigenvalue weighted by Gasteiger charge is -2.22. The Balaban J connectivity index is 0.00000162. The van der Waals surface area contributed by atoms with E-state index in [4.69, 9.17) is 0 Å². The molecule has 0 bridgehead atoms. The molecular weight excluding hydrogens is 337 g/mol. The maximum absolute atomic E-state index is 4.43. The van der Waals surface area contributed by atoms with Gasteiger partial charge >= 0.3 is 0 Å². The van der Waals surface area contributed by atoms with Crippen LogP contribution in [0.3, 0.4) is 0 Å². The highest BCUT2D eigenvalue weighted by Gasteiger charge is 2.35. The number of halogens is 1. The van der Waals surface area contributed by atoms with Gasteiger partial charge in [-0.2, -0.15) is 0 Å². The molecule has 0 aromatic rings. The highest BCUT2D eigenvalue weighted by molar-refractivity contribution is 14.0. The largest absolute Gasteiger partial charge is 0.356 e. The number of hydrogen-bond donors (Lipinski definition) is 1. The van der Waals surface area contributed by atoms with Crippen molar-refractivity contribution in [2.45, 2.75) is 39.5 Å². The Bertz CT molecular complexity index is 264. The molecule has 1 saturated heterocycles. The molecule has 2 fully saturated rings. The van der Waals surface area contributed by atoms with Crippen molar-refractivity contribution < 1.29 is 0 Å². The van der Waals surface area contributed by atoms with E-state index in [1.165, 1.54) is 38.8 Å². The van der Waals surface area contributed by atoms with E-state index in [9.17, 15) is 0 Å². The smallest absolute Gasteiger partial charge is 0.193 e. The number of nitrogens with one attached hydrogen (secondary N) is 1. The van der Waals surface area contributed by atoms with E-state index in [0.717, 1.165) is 24.3 Å². The molecule has 0 amide bonds. The van der Waals surface area contributed by atoms with Crippen molar-refractivity contribution in [2.75, 3.05) is 26.7 Å². The molecule has 1 heterocycles. The van der Waals surface area contributed by atoms with Crippen molar-refractivity contribution in [3.63, 3.8) is 0 Å². The van der Waals surface area contributed by atoms with Crippen molar-refractivity contribution in [3.8, 4) is 0 Å². The molecule has 0 spiro atoms. The zero-order valence-electron chi connectivity index (χ0n) is 12.0. The van der Waals surface area contributed by atoms with E-state index in [1.54, 1.807) is 0 Å². The summed E-state index contributed by atoms with van der Waals surface area (Å²) in [5, 5.41) is 3.50. The fourth-order valence-electron chi connectivity index (χ4n) is 3.21. The van der Waals surface area contributed by atoms with E-state index in [-0.39, 0.29) is 24.0 Å². The van der Waals surface area contributed by atoms with Gasteiger partial charge in [-0.3, -0.25) is 4.99 Å². The first-order valence-electron chi connectivity index (χ1n) is 7.16. The van der Waals surface area contributed by atoms with Crippen LogP contribution in [0.2, 0.25) is 0 Å². The fourth-order valence-corrected chi connectivity index (χ4v) is 3.21. The Morgan fingerprint density at radius 2 is 1.78 bits per heavy atom. The Morgan fingerprint density at radius 3 is 2.22 bits per heavy atom. The maximum atomic E-state index is 4.43. The SMILES string of the molecule is CN=C(NCC(C)C)N1CC2CCCCC2C1.I. The van der Waals surface area contributed by atoms with Gasteiger partial charge in [0.1, 0.15) is 0 Å². The topological polar surface area (TPSA) is 27.6 Å². The van der Waals surface area contributed by atoms with Crippen LogP contribution in [0.25, 0.3) is 0 Å². The molecule has 3 nitrogen and oxygen atoms in total. The third-order valence-electron chi connectivity index (χ3n) is 4.16. The van der Waals surface area contributed by atoms with E-state index < -0.39 is 0 Å². The molecule has 0 aromatic heterocycles. The van der Waals surface area contributed by atoms with Crippen LogP contribution in [0.4, 0.5) is 0 Å². The molecule has 1 aliphatic carbocycles. The number of likely N-dealkylation sites (tertiary alicyclic amines) is 1. The fraction of sp³-hybridized carbons (Fsp3) is 0.929. The Hall–Kier alpha value is 0. The summed E-state index contributed by atoms with van der Waals surface area (Å²) in [6, 6.07) is 0. The van der Waals surface area contributed by atoms with E-state index in [2.05, 4.69) is 29.1 Å². The average Bonchev–Trinajstić information content (AvgIpc) is 2.72. The van der Waals surface area contributed by atoms with E-state index >= 15 is 0 Å². The van der Waals surface area contributed by atoms with Crippen LogP contribution in [0, 0.1) is 17.8 Å². The van der Waals surface area contributed by atoms with Crippen molar-refractivity contribution in [1.82, 2.24) is 10.2 Å². The number of guanidine groups is 1. The van der Waals surface area contributed by atoms with Crippen LogP contribution in [0.5, 0.6) is 0 Å². The Morgan fingerprint density at radius 1 is 1.22 bits per heavy atom. The third kappa shape index (κ3) is 4.00. The number of fused-ring (bicyclic) bond motifs is 1. The standard InChI is InChI=1S/C14H27N3.HI/c1-11(2)8-16-14(15-3)17-9-12-6-4-5-7-13(12)10-17;/h11-13H,4-10H2,1-3H3,(H,15,16);1H. The van der Waals surface area contributed by atoms with Gasteiger partial charge in [-0.25, -0.2) is 0 Å². The molecule has 2 atom stereocenters. The number of hydrogen-bond acceptors (Lipinski definition) is 1. The molecule has 1 N–H and O–H groups in total. The summed E-state index contributed by atoms with van der Waals surface area (Å²) in [6.45, 7) is 7.96. The van der Waals surface area contributed by atoms with Gasteiger partial charge in [0.05, 0.1) is 0 Å². The molecule has 2 unspecified atom stereocenters. The molecule has 2 rings (SSSR count). The Kier molecular flexibility index (Phi) is 6.74. The van der Waals surface area contributed by atoms with Crippen LogP contribution < -0.4 is 5.32 Å². The second-order valence-electron chi connectivity index (χ2n) is 6.03. The normalized spacial score (nSPS) is 28.0. The van der Waals surface area contributed by atoms with Gasteiger partial charge in [0.25, 0.3) is 0 Å². The van der Waals surface area contributed by atoms with Crippen LogP contribution >= 0.6 is 24.0 Å². The van der Waals surface area contributed by atoms with Crippen molar-refractivity contribution in [1.29, 1.82) is 0 Å². The minimum Gasteiger partial charge on any atom is -0.356 e. The molecule has 106 valence electrons. The third-order valence-corrected chi connectivity index (χ3v) is 4.16. The number of rotatable bonds is 2. The summed E-state index contributed by atoms with van der Waals surface area (Å²) in [7, 11) is 1.91. The highest BCUT2D eigenvalue weighted by Crippen LogP contribution is 2.35. The second-order valence-corrected chi connectivity index (χ2v) is 6.03. The summed E-state index contributed by atoms with van der Waals surface area (Å²) in [6.07, 6.45) is 5.74. The van der Waals surface area contributed by atoms with E-state index in [0.29, 0.717) is 5.92 Å². The second kappa shape index (κ2) is 7.56. The zero-order valence-corrected chi connectivity index (χ0v) is 14.3. The van der Waals surface area contributed by atoms with Crippen LogP contribution in [0.1, 0.15) is 39.5 Å². The molecule has 18 heavy (non-hydrogen) atoms. The summed E-state index contributed by atoms with van der Waals surface area (Å²) in [5.41, 5.74) is 0.